The van der Waals surface area contributed by atoms with Crippen molar-refractivity contribution in [2.75, 3.05) is 13.1 Å². The monoisotopic (exact) mass is 129 g/mol. The standard InChI is InChI=1S/C7H12FN/c8-6-4-7-2-1-3-9(7)5-6/h6-7H,1-5H2/t6?,7-/m0/s1. The van der Waals surface area contributed by atoms with Crippen LogP contribution in [0.4, 0.5) is 4.39 Å². The molecule has 0 bridgehead atoms. The zero-order valence-corrected chi connectivity index (χ0v) is 5.52. The van der Waals surface area contributed by atoms with Crippen LogP contribution in [0.5, 0.6) is 0 Å². The fourth-order valence-corrected chi connectivity index (χ4v) is 2.03. The molecule has 52 valence electrons. The molecule has 2 aliphatic heterocycles. The first kappa shape index (κ1) is 5.66. The minimum Gasteiger partial charge on any atom is -0.297 e. The molecule has 0 N–H and O–H groups in total. The van der Waals surface area contributed by atoms with Gasteiger partial charge in [0.2, 0.25) is 0 Å². The lowest BCUT2D eigenvalue weighted by Crippen LogP contribution is -2.22. The van der Waals surface area contributed by atoms with Gasteiger partial charge in [0.25, 0.3) is 0 Å². The third-order valence-electron chi connectivity index (χ3n) is 2.46. The van der Waals surface area contributed by atoms with E-state index < -0.39 is 6.17 Å². The summed E-state index contributed by atoms with van der Waals surface area (Å²) in [5.74, 6) is 0. The molecule has 1 nitrogen and oxygen atoms in total. The van der Waals surface area contributed by atoms with Crippen LogP contribution in [-0.2, 0) is 0 Å². The lowest BCUT2D eigenvalue weighted by Gasteiger charge is -2.11. The van der Waals surface area contributed by atoms with Gasteiger partial charge in [0.1, 0.15) is 6.17 Å². The topological polar surface area (TPSA) is 3.24 Å². The molecule has 2 rings (SSSR count). The van der Waals surface area contributed by atoms with Gasteiger partial charge in [0, 0.05) is 12.6 Å². The van der Waals surface area contributed by atoms with E-state index in [2.05, 4.69) is 4.90 Å². The molecule has 0 aliphatic carbocycles. The molecule has 0 amide bonds. The van der Waals surface area contributed by atoms with Crippen LogP contribution in [0.2, 0.25) is 0 Å². The van der Waals surface area contributed by atoms with Crippen LogP contribution < -0.4 is 0 Å². The molecule has 2 fully saturated rings. The highest BCUT2D eigenvalue weighted by atomic mass is 19.1. The maximum absolute atomic E-state index is 12.6. The van der Waals surface area contributed by atoms with E-state index in [-0.39, 0.29) is 0 Å². The average molecular weight is 129 g/mol. The second-order valence-electron chi connectivity index (χ2n) is 3.12. The molecular formula is C7H12FN. The summed E-state index contributed by atoms with van der Waals surface area (Å²) < 4.78 is 12.6. The van der Waals surface area contributed by atoms with Gasteiger partial charge in [-0.15, -0.1) is 0 Å². The summed E-state index contributed by atoms with van der Waals surface area (Å²) in [5, 5.41) is 0. The number of halogens is 1. The first-order chi connectivity index (χ1) is 4.36. The van der Waals surface area contributed by atoms with Gasteiger partial charge in [-0.05, 0) is 25.8 Å². The van der Waals surface area contributed by atoms with Gasteiger partial charge in [0.05, 0.1) is 0 Å². The second-order valence-corrected chi connectivity index (χ2v) is 3.12. The summed E-state index contributed by atoms with van der Waals surface area (Å²) >= 11 is 0. The quantitative estimate of drug-likeness (QED) is 0.475. The van der Waals surface area contributed by atoms with E-state index >= 15 is 0 Å². The molecule has 0 radical (unpaired) electrons. The maximum Gasteiger partial charge on any atom is 0.114 e. The third-order valence-corrected chi connectivity index (χ3v) is 2.46. The van der Waals surface area contributed by atoms with E-state index in [1.165, 1.54) is 12.8 Å². The van der Waals surface area contributed by atoms with Crippen molar-refractivity contribution in [2.24, 2.45) is 0 Å². The Kier molecular flexibility index (Phi) is 1.22. The Morgan fingerprint density at radius 2 is 2.33 bits per heavy atom. The normalized spacial score (nSPS) is 43.7. The van der Waals surface area contributed by atoms with Crippen molar-refractivity contribution in [1.82, 2.24) is 4.90 Å². The second kappa shape index (κ2) is 1.94. The summed E-state index contributed by atoms with van der Waals surface area (Å²) in [6, 6.07) is 0.611. The lowest BCUT2D eigenvalue weighted by atomic mass is 10.1. The molecule has 0 spiro atoms. The van der Waals surface area contributed by atoms with Gasteiger partial charge in [-0.2, -0.15) is 0 Å². The summed E-state index contributed by atoms with van der Waals surface area (Å²) in [6.07, 6.45) is 2.81. The zero-order valence-electron chi connectivity index (χ0n) is 5.52. The molecule has 0 saturated carbocycles. The highest BCUT2D eigenvalue weighted by Crippen LogP contribution is 2.28. The van der Waals surface area contributed by atoms with Gasteiger partial charge < -0.3 is 0 Å². The van der Waals surface area contributed by atoms with E-state index in [4.69, 9.17) is 0 Å². The Hall–Kier alpha value is -0.110. The number of hydrogen-bond donors (Lipinski definition) is 0. The van der Waals surface area contributed by atoms with Crippen molar-refractivity contribution in [2.45, 2.75) is 31.5 Å². The Bertz CT molecular complexity index is 103. The van der Waals surface area contributed by atoms with Crippen LogP contribution >= 0.6 is 0 Å². The minimum absolute atomic E-state index is 0.518. The molecule has 2 saturated heterocycles. The van der Waals surface area contributed by atoms with Crippen LogP contribution in [0.15, 0.2) is 0 Å². The number of rotatable bonds is 0. The highest BCUT2D eigenvalue weighted by Gasteiger charge is 2.34. The van der Waals surface area contributed by atoms with Crippen molar-refractivity contribution in [3.63, 3.8) is 0 Å². The minimum atomic E-state index is -0.518. The molecule has 2 heteroatoms. The summed E-state index contributed by atoms with van der Waals surface area (Å²) in [4.78, 5) is 2.28. The Balaban J connectivity index is 2.02. The van der Waals surface area contributed by atoms with Crippen molar-refractivity contribution in [1.29, 1.82) is 0 Å². The van der Waals surface area contributed by atoms with Gasteiger partial charge in [-0.1, -0.05) is 0 Å². The maximum atomic E-state index is 12.6. The fraction of sp³-hybridized carbons (Fsp3) is 1.00. The lowest BCUT2D eigenvalue weighted by molar-refractivity contribution is 0.292. The Labute approximate surface area is 54.8 Å². The molecule has 2 aliphatic rings. The molecule has 2 heterocycles. The van der Waals surface area contributed by atoms with Crippen molar-refractivity contribution in [3.8, 4) is 0 Å². The Morgan fingerprint density at radius 1 is 1.44 bits per heavy atom. The van der Waals surface area contributed by atoms with Crippen molar-refractivity contribution >= 4 is 0 Å². The Morgan fingerprint density at radius 3 is 3.11 bits per heavy atom. The number of hydrogen-bond acceptors (Lipinski definition) is 1. The van der Waals surface area contributed by atoms with Gasteiger partial charge >= 0.3 is 0 Å². The van der Waals surface area contributed by atoms with E-state index in [0.717, 1.165) is 13.0 Å². The summed E-state index contributed by atoms with van der Waals surface area (Å²) in [5.41, 5.74) is 0. The number of fused-ring (bicyclic) bond motifs is 1. The molecule has 0 aromatic heterocycles. The molecular weight excluding hydrogens is 117 g/mol. The molecule has 1 unspecified atom stereocenters. The van der Waals surface area contributed by atoms with E-state index in [9.17, 15) is 4.39 Å². The van der Waals surface area contributed by atoms with Crippen molar-refractivity contribution < 1.29 is 4.39 Å². The average Bonchev–Trinajstić information content (AvgIpc) is 2.22. The van der Waals surface area contributed by atoms with Gasteiger partial charge in [0.15, 0.2) is 0 Å². The first-order valence-electron chi connectivity index (χ1n) is 3.74. The number of nitrogens with zero attached hydrogens (tertiary/aromatic N) is 1. The van der Waals surface area contributed by atoms with Crippen molar-refractivity contribution in [3.05, 3.63) is 0 Å². The van der Waals surface area contributed by atoms with Crippen LogP contribution in [-0.4, -0.2) is 30.2 Å². The molecule has 2 atom stereocenters. The summed E-state index contributed by atoms with van der Waals surface area (Å²) in [6.45, 7) is 1.86. The molecule has 0 aromatic carbocycles. The largest absolute Gasteiger partial charge is 0.297 e. The van der Waals surface area contributed by atoms with Crippen LogP contribution in [0.3, 0.4) is 0 Å². The van der Waals surface area contributed by atoms with Crippen LogP contribution in [0, 0.1) is 0 Å². The molecule has 0 aromatic rings. The smallest absolute Gasteiger partial charge is 0.114 e. The predicted molar refractivity (Wildman–Crippen MR) is 34.1 cm³/mol. The van der Waals surface area contributed by atoms with Crippen LogP contribution in [0.25, 0.3) is 0 Å². The van der Waals surface area contributed by atoms with Gasteiger partial charge in [-0.3, -0.25) is 4.90 Å². The predicted octanol–water partition coefficient (Wildman–Crippen LogP) is 1.19. The van der Waals surface area contributed by atoms with Gasteiger partial charge in [-0.25, -0.2) is 4.39 Å². The summed E-state index contributed by atoms with van der Waals surface area (Å²) in [7, 11) is 0. The first-order valence-corrected chi connectivity index (χ1v) is 3.74. The van der Waals surface area contributed by atoms with E-state index in [1.54, 1.807) is 0 Å². The molecule has 9 heavy (non-hydrogen) atoms. The zero-order chi connectivity index (χ0) is 6.27. The fourth-order valence-electron chi connectivity index (χ4n) is 2.03. The SMILES string of the molecule is FC1C[C@@H]2CCCN2C1. The van der Waals surface area contributed by atoms with E-state index in [1.807, 2.05) is 0 Å². The van der Waals surface area contributed by atoms with E-state index in [0.29, 0.717) is 12.6 Å². The third kappa shape index (κ3) is 0.855. The number of alkyl halides is 1. The highest BCUT2D eigenvalue weighted by molar-refractivity contribution is 4.89. The van der Waals surface area contributed by atoms with Crippen LogP contribution in [0.1, 0.15) is 19.3 Å².